The van der Waals surface area contributed by atoms with E-state index in [0.717, 1.165) is 40.7 Å². The van der Waals surface area contributed by atoms with Crippen molar-refractivity contribution in [2.75, 3.05) is 0 Å². The summed E-state index contributed by atoms with van der Waals surface area (Å²) in [5.41, 5.74) is 2.25. The lowest BCUT2D eigenvalue weighted by Gasteiger charge is -2.59. The Hall–Kier alpha value is -2.89. The van der Waals surface area contributed by atoms with Gasteiger partial charge >= 0.3 is 5.97 Å². The molecule has 1 heterocycles. The molecule has 0 saturated heterocycles. The Balaban J connectivity index is 1.62. The summed E-state index contributed by atoms with van der Waals surface area (Å²) in [5, 5.41) is 20.3. The number of hydrogen-bond donors (Lipinski definition) is 2. The number of aromatic nitrogens is 1. The maximum absolute atomic E-state index is 14.4. The van der Waals surface area contributed by atoms with Crippen LogP contribution in [0.1, 0.15) is 68.2 Å². The van der Waals surface area contributed by atoms with Gasteiger partial charge in [0.1, 0.15) is 11.6 Å². The SMILES string of the molecule is Cc1cc(-n2c(C(C)C)c([C@H]3CC4(C3)C[C@](F)(C(=O)O)C4)c3cc(O)ccc32)ccc1F. The highest BCUT2D eigenvalue weighted by molar-refractivity contribution is 5.90. The zero-order valence-electron chi connectivity index (χ0n) is 18.5. The van der Waals surface area contributed by atoms with Gasteiger partial charge in [0, 0.05) is 16.8 Å². The van der Waals surface area contributed by atoms with Crippen molar-refractivity contribution < 1.29 is 23.8 Å². The maximum atomic E-state index is 14.4. The average Bonchev–Trinajstić information content (AvgIpc) is 2.99. The third-order valence-corrected chi connectivity index (χ3v) is 7.44. The number of nitrogens with zero attached hydrogens (tertiary/aromatic N) is 1. The Labute approximate surface area is 185 Å². The molecule has 0 amide bonds. The van der Waals surface area contributed by atoms with Gasteiger partial charge in [0.15, 0.2) is 0 Å². The van der Waals surface area contributed by atoms with Gasteiger partial charge in [0.05, 0.1) is 5.52 Å². The highest BCUT2D eigenvalue weighted by atomic mass is 19.1. The summed E-state index contributed by atoms with van der Waals surface area (Å²) in [7, 11) is 0. The molecule has 2 aliphatic carbocycles. The molecule has 0 unspecified atom stereocenters. The Morgan fingerprint density at radius 2 is 1.84 bits per heavy atom. The fourth-order valence-corrected chi connectivity index (χ4v) is 6.13. The normalized spacial score (nSPS) is 27.0. The lowest BCUT2D eigenvalue weighted by molar-refractivity contribution is -0.181. The van der Waals surface area contributed by atoms with Crippen molar-refractivity contribution in [1.82, 2.24) is 4.57 Å². The maximum Gasteiger partial charge on any atom is 0.341 e. The summed E-state index contributed by atoms with van der Waals surface area (Å²) in [6, 6.07) is 10.4. The molecule has 2 aliphatic rings. The molecule has 1 aromatic heterocycles. The minimum Gasteiger partial charge on any atom is -0.508 e. The molecule has 32 heavy (non-hydrogen) atoms. The van der Waals surface area contributed by atoms with Crippen molar-refractivity contribution in [2.45, 2.75) is 64.0 Å². The summed E-state index contributed by atoms with van der Waals surface area (Å²) >= 11 is 0. The molecular weight excluding hydrogens is 412 g/mol. The van der Waals surface area contributed by atoms with Crippen molar-refractivity contribution >= 4 is 16.9 Å². The molecule has 2 saturated carbocycles. The number of phenolic OH excluding ortho intramolecular Hbond substituents is 1. The van der Waals surface area contributed by atoms with Crippen LogP contribution in [0.2, 0.25) is 0 Å². The third-order valence-electron chi connectivity index (χ3n) is 7.44. The van der Waals surface area contributed by atoms with Gasteiger partial charge in [-0.15, -0.1) is 0 Å². The Morgan fingerprint density at radius 1 is 1.16 bits per heavy atom. The number of carboxylic acids is 1. The van der Waals surface area contributed by atoms with E-state index in [4.69, 9.17) is 5.11 Å². The third kappa shape index (κ3) is 2.95. The molecule has 0 radical (unpaired) electrons. The quantitative estimate of drug-likeness (QED) is 0.497. The minimum absolute atomic E-state index is 0.0733. The lowest BCUT2D eigenvalue weighted by Crippen LogP contribution is -2.58. The predicted molar refractivity (Wildman–Crippen MR) is 119 cm³/mol. The number of carboxylic acid groups (broad SMARTS) is 1. The van der Waals surface area contributed by atoms with Gasteiger partial charge in [-0.3, -0.25) is 0 Å². The van der Waals surface area contributed by atoms with Crippen molar-refractivity contribution in [3.05, 3.63) is 59.0 Å². The summed E-state index contributed by atoms with van der Waals surface area (Å²) in [6.45, 7) is 5.96. The summed E-state index contributed by atoms with van der Waals surface area (Å²) < 4.78 is 30.5. The monoisotopic (exact) mass is 439 g/mol. The smallest absolute Gasteiger partial charge is 0.341 e. The molecule has 0 atom stereocenters. The molecule has 2 N–H and O–H groups in total. The number of carbonyl (C=O) groups is 1. The number of aliphatic carboxylic acids is 1. The van der Waals surface area contributed by atoms with Gasteiger partial charge in [-0.25, -0.2) is 13.6 Å². The van der Waals surface area contributed by atoms with Crippen LogP contribution in [0, 0.1) is 18.2 Å². The van der Waals surface area contributed by atoms with Gasteiger partial charge < -0.3 is 14.8 Å². The number of aromatic hydroxyl groups is 1. The van der Waals surface area contributed by atoms with Crippen LogP contribution in [0.3, 0.4) is 0 Å². The van der Waals surface area contributed by atoms with Crippen LogP contribution in [-0.4, -0.2) is 26.4 Å². The highest BCUT2D eigenvalue weighted by Crippen LogP contribution is 2.67. The first-order valence-electron chi connectivity index (χ1n) is 11.1. The van der Waals surface area contributed by atoms with Gasteiger partial charge in [0.2, 0.25) is 5.67 Å². The topological polar surface area (TPSA) is 62.5 Å². The van der Waals surface area contributed by atoms with E-state index in [1.807, 2.05) is 12.1 Å². The summed E-state index contributed by atoms with van der Waals surface area (Å²) in [6.07, 6.45) is 1.62. The van der Waals surface area contributed by atoms with E-state index < -0.39 is 11.6 Å². The van der Waals surface area contributed by atoms with Crippen LogP contribution in [0.5, 0.6) is 5.75 Å². The van der Waals surface area contributed by atoms with Crippen molar-refractivity contribution in [3.63, 3.8) is 0 Å². The average molecular weight is 440 g/mol. The van der Waals surface area contributed by atoms with Crippen LogP contribution in [0.15, 0.2) is 36.4 Å². The molecule has 0 bridgehead atoms. The zero-order valence-corrected chi connectivity index (χ0v) is 18.5. The molecule has 4 nitrogen and oxygen atoms in total. The minimum atomic E-state index is -2.09. The second-order valence-corrected chi connectivity index (χ2v) is 10.2. The lowest BCUT2D eigenvalue weighted by atomic mass is 9.46. The molecule has 3 aromatic rings. The van der Waals surface area contributed by atoms with E-state index in [0.29, 0.717) is 5.56 Å². The van der Waals surface area contributed by atoms with E-state index in [-0.39, 0.29) is 41.7 Å². The standard InChI is InChI=1S/C26H27F2NO3/c1-14(2)23-22(16-10-25(11-16)12-26(28,13-25)24(31)32)19-9-18(30)5-7-21(19)29(23)17-4-6-20(27)15(3)8-17/h4-9,14,16,30H,10-13H2,1-3H3,(H,31,32)/t16-,25?,26-. The van der Waals surface area contributed by atoms with Crippen molar-refractivity contribution in [3.8, 4) is 11.4 Å². The Bertz CT molecular complexity index is 1250. The second kappa shape index (κ2) is 6.80. The molecule has 6 heteroatoms. The van der Waals surface area contributed by atoms with Crippen molar-refractivity contribution in [2.24, 2.45) is 5.41 Å². The first-order chi connectivity index (χ1) is 15.0. The molecule has 1 spiro atoms. The zero-order chi connectivity index (χ0) is 23.0. The number of benzene rings is 2. The molecule has 2 aromatic carbocycles. The van der Waals surface area contributed by atoms with E-state index in [1.54, 1.807) is 25.1 Å². The number of fused-ring (bicyclic) bond motifs is 1. The van der Waals surface area contributed by atoms with Crippen LogP contribution in [-0.2, 0) is 4.79 Å². The molecule has 168 valence electrons. The first-order valence-corrected chi connectivity index (χ1v) is 11.1. The fourth-order valence-electron chi connectivity index (χ4n) is 6.13. The summed E-state index contributed by atoms with van der Waals surface area (Å²) in [5.74, 6) is -1.12. The summed E-state index contributed by atoms with van der Waals surface area (Å²) in [4.78, 5) is 11.2. The molecule has 5 rings (SSSR count). The van der Waals surface area contributed by atoms with Crippen LogP contribution in [0.25, 0.3) is 16.6 Å². The highest BCUT2D eigenvalue weighted by Gasteiger charge is 2.65. The van der Waals surface area contributed by atoms with Crippen molar-refractivity contribution in [1.29, 1.82) is 0 Å². The molecular formula is C26H27F2NO3. The Morgan fingerprint density at radius 3 is 2.44 bits per heavy atom. The number of hydrogen-bond acceptors (Lipinski definition) is 2. The fraction of sp³-hybridized carbons (Fsp3) is 0.423. The van der Waals surface area contributed by atoms with E-state index in [2.05, 4.69) is 18.4 Å². The van der Waals surface area contributed by atoms with Gasteiger partial charge in [-0.2, -0.15) is 0 Å². The molecule has 2 fully saturated rings. The number of halogens is 2. The molecule has 0 aliphatic heterocycles. The van der Waals surface area contributed by atoms with Gasteiger partial charge in [0.25, 0.3) is 0 Å². The van der Waals surface area contributed by atoms with Crippen LogP contribution in [0.4, 0.5) is 8.78 Å². The largest absolute Gasteiger partial charge is 0.508 e. The van der Waals surface area contributed by atoms with E-state index in [9.17, 15) is 18.7 Å². The number of alkyl halides is 1. The number of phenols is 1. The van der Waals surface area contributed by atoms with Crippen LogP contribution < -0.4 is 0 Å². The first kappa shape index (κ1) is 21.0. The number of rotatable bonds is 4. The van der Waals surface area contributed by atoms with E-state index >= 15 is 0 Å². The predicted octanol–water partition coefficient (Wildman–Crippen LogP) is 6.36. The van der Waals surface area contributed by atoms with Crippen LogP contribution >= 0.6 is 0 Å². The van der Waals surface area contributed by atoms with E-state index in [1.165, 1.54) is 6.07 Å². The second-order valence-electron chi connectivity index (χ2n) is 10.2. The van der Waals surface area contributed by atoms with Gasteiger partial charge in [-0.1, -0.05) is 13.8 Å². The number of aryl methyl sites for hydroxylation is 1. The van der Waals surface area contributed by atoms with Gasteiger partial charge in [-0.05, 0) is 97.4 Å². The Kier molecular flexibility index (Phi) is 4.46.